The normalized spacial score (nSPS) is 19.4. The monoisotopic (exact) mass is 339 g/mol. The summed E-state index contributed by atoms with van der Waals surface area (Å²) in [5.41, 5.74) is 6.46. The van der Waals surface area contributed by atoms with Crippen LogP contribution in [0.5, 0.6) is 5.75 Å². The predicted molar refractivity (Wildman–Crippen MR) is 93.8 cm³/mol. The second-order valence-electron chi connectivity index (χ2n) is 6.00. The number of likely N-dealkylation sites (tertiary alicyclic amines) is 1. The Balaban J connectivity index is 1.62. The second-order valence-corrected chi connectivity index (χ2v) is 6.00. The molecule has 0 bridgehead atoms. The molecule has 3 rings (SSSR count). The fraction of sp³-hybridized carbons (Fsp3) is 0.263. The molecule has 0 unspecified atom stereocenters. The van der Waals surface area contributed by atoms with Crippen LogP contribution in [0.1, 0.15) is 12.0 Å². The van der Waals surface area contributed by atoms with E-state index in [1.807, 2.05) is 60.7 Å². The van der Waals surface area contributed by atoms with E-state index in [1.165, 1.54) is 4.90 Å². The summed E-state index contributed by atoms with van der Waals surface area (Å²) in [6, 6.07) is 18.0. The maximum absolute atomic E-state index is 12.5. The van der Waals surface area contributed by atoms with Crippen LogP contribution in [0.2, 0.25) is 0 Å². The Morgan fingerprint density at radius 1 is 1.08 bits per heavy atom. The average molecular weight is 339 g/mol. The molecule has 1 saturated heterocycles. The van der Waals surface area contributed by atoms with E-state index in [9.17, 15) is 9.59 Å². The lowest BCUT2D eigenvalue weighted by atomic mass is 10.2. The number of carbonyl (C=O) groups is 2. The number of hydrogen-bond donors (Lipinski definition) is 2. The highest BCUT2D eigenvalue weighted by atomic mass is 16.5. The van der Waals surface area contributed by atoms with Crippen molar-refractivity contribution < 1.29 is 14.3 Å². The van der Waals surface area contributed by atoms with Crippen molar-refractivity contribution in [3.63, 3.8) is 0 Å². The first-order chi connectivity index (χ1) is 12.1. The molecule has 2 aromatic rings. The zero-order chi connectivity index (χ0) is 17.6. The number of carbonyl (C=O) groups excluding carboxylic acids is 2. The molecule has 0 radical (unpaired) electrons. The number of benzene rings is 2. The van der Waals surface area contributed by atoms with Crippen molar-refractivity contribution in [3.8, 4) is 5.75 Å². The van der Waals surface area contributed by atoms with Gasteiger partial charge in [0.15, 0.2) is 0 Å². The minimum absolute atomic E-state index is 0.262. The standard InChI is InChI=1S/C19H21N3O3/c20-18(23)17-11-16(25-15-9-5-2-6-10-15)13-22(17)19(24)21-12-14-7-3-1-4-8-14/h1-10,16-17H,11-13H2,(H2,20,23)(H,21,24)/t16-,17-/m0/s1. The molecule has 6 nitrogen and oxygen atoms in total. The van der Waals surface area contributed by atoms with Crippen LogP contribution in [0, 0.1) is 0 Å². The lowest BCUT2D eigenvalue weighted by Gasteiger charge is -2.22. The molecule has 2 atom stereocenters. The first kappa shape index (κ1) is 16.8. The number of urea groups is 1. The zero-order valence-electron chi connectivity index (χ0n) is 13.8. The largest absolute Gasteiger partial charge is 0.488 e. The van der Waals surface area contributed by atoms with Crippen molar-refractivity contribution in [2.24, 2.45) is 5.73 Å². The van der Waals surface area contributed by atoms with Crippen LogP contribution in [0.25, 0.3) is 0 Å². The minimum atomic E-state index is -0.663. The quantitative estimate of drug-likeness (QED) is 0.872. The number of nitrogens with zero attached hydrogens (tertiary/aromatic N) is 1. The van der Waals surface area contributed by atoms with Crippen molar-refractivity contribution >= 4 is 11.9 Å². The van der Waals surface area contributed by atoms with Gasteiger partial charge in [0, 0.05) is 13.0 Å². The van der Waals surface area contributed by atoms with Gasteiger partial charge in [0.2, 0.25) is 5.91 Å². The Hall–Kier alpha value is -3.02. The molecule has 0 saturated carbocycles. The lowest BCUT2D eigenvalue weighted by molar-refractivity contribution is -0.121. The third kappa shape index (κ3) is 4.29. The minimum Gasteiger partial charge on any atom is -0.488 e. The number of ether oxygens (including phenoxy) is 1. The summed E-state index contributed by atoms with van der Waals surface area (Å²) in [4.78, 5) is 25.7. The molecule has 1 aliphatic heterocycles. The van der Waals surface area contributed by atoms with Crippen molar-refractivity contribution in [1.82, 2.24) is 10.2 Å². The van der Waals surface area contributed by atoms with Gasteiger partial charge in [0.25, 0.3) is 0 Å². The topological polar surface area (TPSA) is 84.7 Å². The van der Waals surface area contributed by atoms with Crippen molar-refractivity contribution in [2.45, 2.75) is 25.1 Å². The predicted octanol–water partition coefficient (Wildman–Crippen LogP) is 1.90. The molecule has 3 amide bonds. The van der Waals surface area contributed by atoms with Crippen molar-refractivity contribution in [3.05, 3.63) is 66.2 Å². The van der Waals surface area contributed by atoms with Gasteiger partial charge in [-0.2, -0.15) is 0 Å². The number of nitrogens with one attached hydrogen (secondary N) is 1. The van der Waals surface area contributed by atoms with E-state index in [1.54, 1.807) is 0 Å². The van der Waals surface area contributed by atoms with E-state index in [4.69, 9.17) is 10.5 Å². The van der Waals surface area contributed by atoms with Gasteiger partial charge in [-0.05, 0) is 17.7 Å². The summed E-state index contributed by atoms with van der Waals surface area (Å²) >= 11 is 0. The van der Waals surface area contributed by atoms with E-state index in [2.05, 4.69) is 5.32 Å². The molecule has 6 heteroatoms. The number of nitrogens with two attached hydrogens (primary N) is 1. The van der Waals surface area contributed by atoms with Gasteiger partial charge in [-0.1, -0.05) is 48.5 Å². The molecule has 0 spiro atoms. The third-order valence-electron chi connectivity index (χ3n) is 4.18. The van der Waals surface area contributed by atoms with Gasteiger partial charge in [0.1, 0.15) is 17.9 Å². The van der Waals surface area contributed by atoms with E-state index in [0.29, 0.717) is 25.3 Å². The van der Waals surface area contributed by atoms with Crippen LogP contribution < -0.4 is 15.8 Å². The Kier molecular flexibility index (Phi) is 5.18. The summed E-state index contributed by atoms with van der Waals surface area (Å²) in [6.07, 6.45) is 0.130. The molecule has 0 aromatic heterocycles. The molecule has 2 aromatic carbocycles. The van der Waals surface area contributed by atoms with Gasteiger partial charge in [-0.25, -0.2) is 4.79 Å². The maximum atomic E-state index is 12.5. The highest BCUT2D eigenvalue weighted by Gasteiger charge is 2.39. The number of para-hydroxylation sites is 1. The molecule has 130 valence electrons. The average Bonchev–Trinajstić information content (AvgIpc) is 3.06. The summed E-state index contributed by atoms with van der Waals surface area (Å²) < 4.78 is 5.87. The molecule has 1 heterocycles. The first-order valence-electron chi connectivity index (χ1n) is 8.23. The zero-order valence-corrected chi connectivity index (χ0v) is 13.8. The molecule has 1 aliphatic rings. The van der Waals surface area contributed by atoms with Crippen LogP contribution in [0.15, 0.2) is 60.7 Å². The van der Waals surface area contributed by atoms with E-state index in [0.717, 1.165) is 5.56 Å². The highest BCUT2D eigenvalue weighted by molar-refractivity contribution is 5.86. The van der Waals surface area contributed by atoms with Crippen LogP contribution in [-0.2, 0) is 11.3 Å². The first-order valence-corrected chi connectivity index (χ1v) is 8.23. The SMILES string of the molecule is NC(=O)[C@@H]1C[C@H](Oc2ccccc2)CN1C(=O)NCc1ccccc1. The third-order valence-corrected chi connectivity index (χ3v) is 4.18. The molecule has 0 aliphatic carbocycles. The Bertz CT molecular complexity index is 721. The van der Waals surface area contributed by atoms with Gasteiger partial charge >= 0.3 is 6.03 Å². The number of rotatable bonds is 5. The summed E-state index contributed by atoms with van der Waals surface area (Å²) in [7, 11) is 0. The molecule has 1 fully saturated rings. The summed E-state index contributed by atoms with van der Waals surface area (Å²) in [6.45, 7) is 0.717. The fourth-order valence-electron chi connectivity index (χ4n) is 2.94. The fourth-order valence-corrected chi connectivity index (χ4v) is 2.94. The molecular weight excluding hydrogens is 318 g/mol. The lowest BCUT2D eigenvalue weighted by Crippen LogP contribution is -2.48. The molecule has 3 N–H and O–H groups in total. The Morgan fingerprint density at radius 3 is 2.36 bits per heavy atom. The van der Waals surface area contributed by atoms with Gasteiger partial charge in [-0.15, -0.1) is 0 Å². The van der Waals surface area contributed by atoms with Crippen LogP contribution in [-0.4, -0.2) is 35.5 Å². The van der Waals surface area contributed by atoms with E-state index in [-0.39, 0.29) is 12.1 Å². The smallest absolute Gasteiger partial charge is 0.318 e. The van der Waals surface area contributed by atoms with Crippen LogP contribution in [0.4, 0.5) is 4.79 Å². The van der Waals surface area contributed by atoms with Crippen LogP contribution >= 0.6 is 0 Å². The summed E-state index contributed by atoms with van der Waals surface area (Å²) in [5.74, 6) is 0.191. The van der Waals surface area contributed by atoms with E-state index < -0.39 is 11.9 Å². The molecule has 25 heavy (non-hydrogen) atoms. The maximum Gasteiger partial charge on any atom is 0.318 e. The van der Waals surface area contributed by atoms with Crippen molar-refractivity contribution in [1.29, 1.82) is 0 Å². The molecular formula is C19H21N3O3. The number of hydrogen-bond acceptors (Lipinski definition) is 3. The second kappa shape index (κ2) is 7.70. The van der Waals surface area contributed by atoms with E-state index >= 15 is 0 Å². The Morgan fingerprint density at radius 2 is 1.72 bits per heavy atom. The number of amides is 3. The van der Waals surface area contributed by atoms with Gasteiger partial charge < -0.3 is 20.7 Å². The Labute approximate surface area is 146 Å². The van der Waals surface area contributed by atoms with Crippen molar-refractivity contribution in [2.75, 3.05) is 6.54 Å². The van der Waals surface area contributed by atoms with Gasteiger partial charge in [0.05, 0.1) is 6.54 Å². The van der Waals surface area contributed by atoms with Crippen LogP contribution in [0.3, 0.4) is 0 Å². The number of primary amides is 1. The summed E-state index contributed by atoms with van der Waals surface area (Å²) in [5, 5.41) is 2.83. The van der Waals surface area contributed by atoms with Gasteiger partial charge in [-0.3, -0.25) is 4.79 Å². The highest BCUT2D eigenvalue weighted by Crippen LogP contribution is 2.23.